The molecule has 1 unspecified atom stereocenters. The van der Waals surface area contributed by atoms with E-state index < -0.39 is 0 Å². The van der Waals surface area contributed by atoms with E-state index in [0.717, 1.165) is 17.8 Å². The van der Waals surface area contributed by atoms with Crippen molar-refractivity contribution < 1.29 is 28.7 Å². The van der Waals surface area contributed by atoms with Crippen LogP contribution in [-0.2, 0) is 30.7 Å². The molecule has 1 aromatic heterocycles. The molecule has 0 fully saturated rings. The first kappa shape index (κ1) is 29.0. The van der Waals surface area contributed by atoms with Crippen LogP contribution in [0.15, 0.2) is 108 Å². The van der Waals surface area contributed by atoms with Gasteiger partial charge in [0.2, 0.25) is 0 Å². The first-order valence-electron chi connectivity index (χ1n) is 11.1. The van der Waals surface area contributed by atoms with Crippen LogP contribution in [0.3, 0.4) is 0 Å². The van der Waals surface area contributed by atoms with Crippen LogP contribution in [0.25, 0.3) is 16.7 Å². The minimum atomic E-state index is 0. The van der Waals surface area contributed by atoms with Crippen molar-refractivity contribution in [3.05, 3.63) is 138 Å². The Bertz CT molecular complexity index is 1230. The van der Waals surface area contributed by atoms with Crippen LogP contribution < -0.4 is 0 Å². The molecular formula is C31H28Cl2OZr. The Hall–Kier alpha value is -2.25. The number of benzene rings is 3. The van der Waals surface area contributed by atoms with Gasteiger partial charge in [0.25, 0.3) is 0 Å². The van der Waals surface area contributed by atoms with Crippen LogP contribution >= 0.6 is 24.8 Å². The molecule has 1 atom stereocenters. The largest absolute Gasteiger partial charge is 0.179 e. The second-order valence-corrected chi connectivity index (χ2v) is 9.93. The predicted octanol–water partition coefficient (Wildman–Crippen LogP) is 8.35. The molecule has 1 heterocycles. The first-order chi connectivity index (χ1) is 16.1. The van der Waals surface area contributed by atoms with Crippen molar-refractivity contribution in [2.45, 2.75) is 20.3 Å². The molecule has 0 saturated carbocycles. The van der Waals surface area contributed by atoms with Gasteiger partial charge in [-0.1, -0.05) is 48.2 Å². The SMILES string of the molecule is CC1[C-]=CC(c2ccco2)=C1.C[C](=[Zr+2])c1ccccc1.Cl.Cl.[c-]1cccc2c1Cc1ccccc1-2. The first-order valence-corrected chi connectivity index (χ1v) is 12.4. The number of halogens is 2. The molecule has 2 aliphatic carbocycles. The summed E-state index contributed by atoms with van der Waals surface area (Å²) in [6.45, 7) is 4.26. The molecule has 0 N–H and O–H groups in total. The zero-order chi connectivity index (χ0) is 23.0. The average Bonchev–Trinajstić information content (AvgIpc) is 3.60. The Kier molecular flexibility index (Phi) is 11.9. The third-order valence-corrected chi connectivity index (χ3v) is 6.27. The zero-order valence-corrected chi connectivity index (χ0v) is 23.9. The van der Waals surface area contributed by atoms with Crippen molar-refractivity contribution in [2.75, 3.05) is 0 Å². The van der Waals surface area contributed by atoms with Gasteiger partial charge in [0, 0.05) is 0 Å². The Morgan fingerprint density at radius 1 is 0.886 bits per heavy atom. The normalized spacial score (nSPS) is 13.9. The molecule has 0 bridgehead atoms. The maximum absolute atomic E-state index is 5.23. The number of furan rings is 1. The molecule has 0 spiro atoms. The molecule has 4 heteroatoms. The molecule has 4 aromatic rings. The number of rotatable bonds is 2. The summed E-state index contributed by atoms with van der Waals surface area (Å²) in [4.78, 5) is 0. The van der Waals surface area contributed by atoms with Gasteiger partial charge in [-0.25, -0.2) is 6.08 Å². The van der Waals surface area contributed by atoms with Crippen molar-refractivity contribution in [3.63, 3.8) is 0 Å². The molecule has 35 heavy (non-hydrogen) atoms. The monoisotopic (exact) mass is 576 g/mol. The number of allylic oxidation sites excluding steroid dienone is 4. The van der Waals surface area contributed by atoms with Crippen LogP contribution in [0.2, 0.25) is 0 Å². The molecule has 3 aromatic carbocycles. The molecule has 0 radical (unpaired) electrons. The Labute approximate surface area is 236 Å². The van der Waals surface area contributed by atoms with Crippen LogP contribution in [0.4, 0.5) is 0 Å². The van der Waals surface area contributed by atoms with Gasteiger partial charge in [0.1, 0.15) is 0 Å². The Morgan fingerprint density at radius 3 is 2.23 bits per heavy atom. The van der Waals surface area contributed by atoms with Gasteiger partial charge in [-0.05, 0) is 18.6 Å². The van der Waals surface area contributed by atoms with E-state index in [1.54, 1.807) is 6.26 Å². The molecular weight excluding hydrogens is 550 g/mol. The fourth-order valence-corrected chi connectivity index (χ4v) is 4.28. The molecule has 2 aliphatic rings. The second kappa shape index (κ2) is 14.3. The zero-order valence-electron chi connectivity index (χ0n) is 19.8. The van der Waals surface area contributed by atoms with Crippen molar-refractivity contribution in [3.8, 4) is 11.1 Å². The van der Waals surface area contributed by atoms with Crippen LogP contribution in [0.5, 0.6) is 0 Å². The van der Waals surface area contributed by atoms with E-state index in [9.17, 15) is 0 Å². The average molecular weight is 579 g/mol. The summed E-state index contributed by atoms with van der Waals surface area (Å²) >= 11 is 1.51. The van der Waals surface area contributed by atoms with E-state index in [1.807, 2.05) is 30.3 Å². The van der Waals surface area contributed by atoms with Gasteiger partial charge in [0.15, 0.2) is 0 Å². The van der Waals surface area contributed by atoms with Crippen LogP contribution in [-0.4, -0.2) is 3.21 Å². The van der Waals surface area contributed by atoms with Crippen LogP contribution in [0.1, 0.15) is 36.3 Å². The van der Waals surface area contributed by atoms with E-state index in [2.05, 4.69) is 92.7 Å². The number of hydrogen-bond donors (Lipinski definition) is 0. The van der Waals surface area contributed by atoms with E-state index in [4.69, 9.17) is 4.42 Å². The third-order valence-electron chi connectivity index (χ3n) is 5.56. The van der Waals surface area contributed by atoms with Gasteiger partial charge in [-0.15, -0.1) is 36.0 Å². The maximum atomic E-state index is 5.23. The predicted molar refractivity (Wildman–Crippen MR) is 148 cm³/mol. The van der Waals surface area contributed by atoms with E-state index in [-0.39, 0.29) is 24.8 Å². The van der Waals surface area contributed by atoms with E-state index in [1.165, 1.54) is 55.3 Å². The van der Waals surface area contributed by atoms with E-state index >= 15 is 0 Å². The van der Waals surface area contributed by atoms with Gasteiger partial charge in [-0.2, -0.15) is 35.9 Å². The third kappa shape index (κ3) is 7.87. The van der Waals surface area contributed by atoms with Crippen molar-refractivity contribution in [1.82, 2.24) is 0 Å². The maximum Gasteiger partial charge on any atom is -0.0253 e. The fraction of sp³-hybridized carbons (Fsp3) is 0.129. The summed E-state index contributed by atoms with van der Waals surface area (Å²) in [5, 5.41) is 0. The fourth-order valence-electron chi connectivity index (χ4n) is 3.87. The molecule has 176 valence electrons. The summed E-state index contributed by atoms with van der Waals surface area (Å²) in [7, 11) is 0. The Morgan fingerprint density at radius 2 is 1.60 bits per heavy atom. The summed E-state index contributed by atoms with van der Waals surface area (Å²) in [5.74, 6) is 1.36. The summed E-state index contributed by atoms with van der Waals surface area (Å²) in [6, 6.07) is 32.4. The van der Waals surface area contributed by atoms with Crippen molar-refractivity contribution in [1.29, 1.82) is 0 Å². The smallest absolute Gasteiger partial charge is 0.0253 e. The van der Waals surface area contributed by atoms with Gasteiger partial charge < -0.3 is 4.42 Å². The minimum Gasteiger partial charge on any atom is -0.179 e. The van der Waals surface area contributed by atoms with Gasteiger partial charge in [0.05, 0.1) is 12.0 Å². The number of fused-ring (bicyclic) bond motifs is 3. The molecule has 0 saturated heterocycles. The quantitative estimate of drug-likeness (QED) is 0.192. The Balaban J connectivity index is 0.000000183. The minimum absolute atomic E-state index is 0. The number of hydrogen-bond acceptors (Lipinski definition) is 1. The van der Waals surface area contributed by atoms with Gasteiger partial charge >= 0.3 is 70.3 Å². The standard InChI is InChI=1S/C13H9.C10H9O.C8H8.2ClH.Zr/c1-3-7-12-10(5-1)9-11-6-2-4-8-13(11)12;1-8-4-5-9(7-8)10-3-2-6-11-10;1-2-8-6-4-3-5-7-8;;;/h1-5,7-8H,9H2;2-3,5-8H,1H3;3-7H,1H3;2*1H;/q2*-1;;;;+2. The molecule has 0 aliphatic heterocycles. The summed E-state index contributed by atoms with van der Waals surface area (Å²) in [6.07, 6.45) is 10.0. The molecule has 1 nitrogen and oxygen atoms in total. The second-order valence-electron chi connectivity index (χ2n) is 8.09. The topological polar surface area (TPSA) is 13.1 Å². The van der Waals surface area contributed by atoms with Crippen LogP contribution in [0, 0.1) is 18.1 Å². The molecule has 6 rings (SSSR count). The summed E-state index contributed by atoms with van der Waals surface area (Å²) < 4.78 is 6.69. The van der Waals surface area contributed by atoms with E-state index in [0.29, 0.717) is 5.92 Å². The van der Waals surface area contributed by atoms with Crippen molar-refractivity contribution in [2.24, 2.45) is 5.92 Å². The van der Waals surface area contributed by atoms with Gasteiger partial charge in [-0.3, -0.25) is 6.08 Å². The molecule has 0 amide bonds. The van der Waals surface area contributed by atoms with Crippen molar-refractivity contribution >= 4 is 33.6 Å². The summed E-state index contributed by atoms with van der Waals surface area (Å²) in [5.41, 5.74) is 8.02.